The molecule has 0 spiro atoms. The summed E-state index contributed by atoms with van der Waals surface area (Å²) in [5.74, 6) is 1.04. The molecule has 0 saturated carbocycles. The van der Waals surface area contributed by atoms with Crippen LogP contribution in [0.5, 0.6) is 11.5 Å². The predicted octanol–water partition coefficient (Wildman–Crippen LogP) is 4.64. The Kier molecular flexibility index (Phi) is 6.68. The van der Waals surface area contributed by atoms with Crippen LogP contribution in [0.1, 0.15) is 18.1 Å². The second-order valence-electron chi connectivity index (χ2n) is 5.92. The standard InChI is InChI=1S/C21H20ClN3O2S/c1-2-26-19-11-14(12-24-25-21(23)28)10-18(22)20(19)27-13-16-8-5-7-15-6-3-4-9-17(15)16/h3-12H,2,13H2,1H3,(H3,23,25,28)/b24-12-. The minimum Gasteiger partial charge on any atom is -0.490 e. The Morgan fingerprint density at radius 3 is 2.75 bits per heavy atom. The first-order valence-electron chi connectivity index (χ1n) is 8.72. The smallest absolute Gasteiger partial charge is 0.184 e. The lowest BCUT2D eigenvalue weighted by Gasteiger charge is -2.15. The molecule has 0 heterocycles. The van der Waals surface area contributed by atoms with Gasteiger partial charge in [0, 0.05) is 0 Å². The molecule has 0 aromatic heterocycles. The van der Waals surface area contributed by atoms with Gasteiger partial charge in [-0.3, -0.25) is 5.43 Å². The summed E-state index contributed by atoms with van der Waals surface area (Å²) in [6.07, 6.45) is 1.56. The lowest BCUT2D eigenvalue weighted by atomic mass is 10.1. The zero-order valence-electron chi connectivity index (χ0n) is 15.3. The Morgan fingerprint density at radius 2 is 1.96 bits per heavy atom. The molecule has 3 aromatic carbocycles. The van der Waals surface area contributed by atoms with Crippen LogP contribution >= 0.6 is 23.8 Å². The highest BCUT2D eigenvalue weighted by atomic mass is 35.5. The molecule has 0 aliphatic heterocycles. The quantitative estimate of drug-likeness (QED) is 0.335. The highest BCUT2D eigenvalue weighted by molar-refractivity contribution is 7.80. The van der Waals surface area contributed by atoms with E-state index in [-0.39, 0.29) is 5.11 Å². The zero-order chi connectivity index (χ0) is 19.9. The molecule has 144 valence electrons. The van der Waals surface area contributed by atoms with Crippen LogP contribution in [0.2, 0.25) is 5.02 Å². The molecule has 0 aliphatic carbocycles. The molecule has 0 amide bonds. The summed E-state index contributed by atoms with van der Waals surface area (Å²) in [5, 5.41) is 6.77. The number of ether oxygens (including phenoxy) is 2. The van der Waals surface area contributed by atoms with Crippen LogP contribution in [0.3, 0.4) is 0 Å². The topological polar surface area (TPSA) is 68.9 Å². The molecule has 5 nitrogen and oxygen atoms in total. The Balaban J connectivity index is 1.86. The SMILES string of the molecule is CCOc1cc(/C=N\NC(N)=S)cc(Cl)c1OCc1cccc2ccccc12. The molecule has 0 saturated heterocycles. The van der Waals surface area contributed by atoms with Gasteiger partial charge in [0.05, 0.1) is 17.8 Å². The summed E-state index contributed by atoms with van der Waals surface area (Å²) in [4.78, 5) is 0. The Labute approximate surface area is 174 Å². The first-order valence-corrected chi connectivity index (χ1v) is 9.51. The summed E-state index contributed by atoms with van der Waals surface area (Å²) in [6, 6.07) is 17.9. The molecule has 0 aliphatic rings. The molecular weight excluding hydrogens is 394 g/mol. The molecule has 3 N–H and O–H groups in total. The second-order valence-corrected chi connectivity index (χ2v) is 6.77. The average molecular weight is 414 g/mol. The number of benzene rings is 3. The summed E-state index contributed by atoms with van der Waals surface area (Å²) in [5.41, 5.74) is 9.67. The number of fused-ring (bicyclic) bond motifs is 1. The number of nitrogens with zero attached hydrogens (tertiary/aromatic N) is 1. The maximum Gasteiger partial charge on any atom is 0.184 e. The van der Waals surface area contributed by atoms with E-state index in [0.717, 1.165) is 21.9 Å². The maximum absolute atomic E-state index is 6.46. The van der Waals surface area contributed by atoms with Gasteiger partial charge in [0.2, 0.25) is 0 Å². The van der Waals surface area contributed by atoms with Gasteiger partial charge in [0.1, 0.15) is 6.61 Å². The lowest BCUT2D eigenvalue weighted by molar-refractivity contribution is 0.270. The minimum absolute atomic E-state index is 0.0856. The monoisotopic (exact) mass is 413 g/mol. The van der Waals surface area contributed by atoms with Crippen LogP contribution in [-0.2, 0) is 6.61 Å². The molecular formula is C21H20ClN3O2S. The number of hydrogen-bond donors (Lipinski definition) is 2. The third-order valence-electron chi connectivity index (χ3n) is 3.97. The largest absolute Gasteiger partial charge is 0.490 e. The second kappa shape index (κ2) is 9.39. The Hall–Kier alpha value is -2.83. The maximum atomic E-state index is 6.46. The average Bonchev–Trinajstić information content (AvgIpc) is 2.67. The van der Waals surface area contributed by atoms with E-state index in [1.54, 1.807) is 18.3 Å². The molecule has 3 aromatic rings. The van der Waals surface area contributed by atoms with Gasteiger partial charge in [0.15, 0.2) is 16.6 Å². The van der Waals surface area contributed by atoms with Crippen LogP contribution in [0, 0.1) is 0 Å². The van der Waals surface area contributed by atoms with Crippen molar-refractivity contribution in [2.24, 2.45) is 10.8 Å². The fraction of sp³-hybridized carbons (Fsp3) is 0.143. The van der Waals surface area contributed by atoms with E-state index in [4.69, 9.17) is 39.0 Å². The highest BCUT2D eigenvalue weighted by Crippen LogP contribution is 2.37. The normalized spacial score (nSPS) is 10.9. The molecule has 0 radical (unpaired) electrons. The number of hydrazone groups is 1. The number of nitrogens with one attached hydrogen (secondary N) is 1. The van der Waals surface area contributed by atoms with E-state index in [1.807, 2.05) is 31.2 Å². The van der Waals surface area contributed by atoms with Crippen molar-refractivity contribution in [3.05, 3.63) is 70.7 Å². The van der Waals surface area contributed by atoms with Gasteiger partial charge in [-0.1, -0.05) is 54.1 Å². The van der Waals surface area contributed by atoms with E-state index in [2.05, 4.69) is 28.7 Å². The van der Waals surface area contributed by atoms with E-state index in [0.29, 0.717) is 29.7 Å². The van der Waals surface area contributed by atoms with Crippen molar-refractivity contribution in [2.75, 3.05) is 6.61 Å². The van der Waals surface area contributed by atoms with Gasteiger partial charge in [-0.05, 0) is 53.2 Å². The van der Waals surface area contributed by atoms with Crippen LogP contribution in [0.4, 0.5) is 0 Å². The van der Waals surface area contributed by atoms with Crippen molar-refractivity contribution in [3.8, 4) is 11.5 Å². The van der Waals surface area contributed by atoms with E-state index in [9.17, 15) is 0 Å². The summed E-state index contributed by atoms with van der Waals surface area (Å²) in [6.45, 7) is 2.75. The van der Waals surface area contributed by atoms with Crippen LogP contribution < -0.4 is 20.6 Å². The van der Waals surface area contributed by atoms with Gasteiger partial charge in [-0.15, -0.1) is 0 Å². The fourth-order valence-corrected chi connectivity index (χ4v) is 3.13. The van der Waals surface area contributed by atoms with Crippen LogP contribution in [-0.4, -0.2) is 17.9 Å². The summed E-state index contributed by atoms with van der Waals surface area (Å²) >= 11 is 11.2. The minimum atomic E-state index is 0.0856. The van der Waals surface area contributed by atoms with Gasteiger partial charge in [0.25, 0.3) is 0 Å². The number of hydrogen-bond acceptors (Lipinski definition) is 4. The highest BCUT2D eigenvalue weighted by Gasteiger charge is 2.13. The Bertz CT molecular complexity index is 1020. The predicted molar refractivity (Wildman–Crippen MR) is 118 cm³/mol. The molecule has 3 rings (SSSR count). The fourth-order valence-electron chi connectivity index (χ4n) is 2.80. The number of rotatable bonds is 7. The van der Waals surface area contributed by atoms with Crippen molar-refractivity contribution in [3.63, 3.8) is 0 Å². The first kappa shape index (κ1) is 19.9. The van der Waals surface area contributed by atoms with Gasteiger partial charge in [-0.2, -0.15) is 5.10 Å². The summed E-state index contributed by atoms with van der Waals surface area (Å²) < 4.78 is 11.8. The lowest BCUT2D eigenvalue weighted by Crippen LogP contribution is -2.23. The number of halogens is 1. The van der Waals surface area contributed by atoms with Crippen molar-refractivity contribution < 1.29 is 9.47 Å². The third-order valence-corrected chi connectivity index (χ3v) is 4.34. The molecule has 7 heteroatoms. The first-order chi connectivity index (χ1) is 13.6. The van der Waals surface area contributed by atoms with Crippen molar-refractivity contribution in [1.29, 1.82) is 0 Å². The molecule has 0 unspecified atom stereocenters. The van der Waals surface area contributed by atoms with Gasteiger partial charge in [-0.25, -0.2) is 0 Å². The van der Waals surface area contributed by atoms with Gasteiger partial charge >= 0.3 is 0 Å². The third kappa shape index (κ3) is 4.91. The Morgan fingerprint density at radius 1 is 1.18 bits per heavy atom. The van der Waals surface area contributed by atoms with E-state index in [1.165, 1.54) is 0 Å². The van der Waals surface area contributed by atoms with E-state index >= 15 is 0 Å². The van der Waals surface area contributed by atoms with Crippen molar-refractivity contribution >= 4 is 45.9 Å². The zero-order valence-corrected chi connectivity index (χ0v) is 16.9. The van der Waals surface area contributed by atoms with Crippen LogP contribution in [0.25, 0.3) is 10.8 Å². The molecule has 0 bridgehead atoms. The van der Waals surface area contributed by atoms with Gasteiger partial charge < -0.3 is 15.2 Å². The number of nitrogens with two attached hydrogens (primary N) is 1. The molecule has 28 heavy (non-hydrogen) atoms. The van der Waals surface area contributed by atoms with Crippen molar-refractivity contribution in [1.82, 2.24) is 5.43 Å². The van der Waals surface area contributed by atoms with E-state index < -0.39 is 0 Å². The van der Waals surface area contributed by atoms with Crippen molar-refractivity contribution in [2.45, 2.75) is 13.5 Å². The summed E-state index contributed by atoms with van der Waals surface area (Å²) in [7, 11) is 0. The van der Waals surface area contributed by atoms with Crippen LogP contribution in [0.15, 0.2) is 59.7 Å². The molecule has 0 fully saturated rings. The number of thiocarbonyl (C=S) groups is 1. The molecule has 0 atom stereocenters.